The van der Waals surface area contributed by atoms with Gasteiger partial charge in [-0.05, 0) is 44.0 Å². The second-order valence-corrected chi connectivity index (χ2v) is 6.87. The van der Waals surface area contributed by atoms with Crippen molar-refractivity contribution in [2.45, 2.75) is 40.3 Å². The third kappa shape index (κ3) is 3.41. The maximum Gasteiger partial charge on any atom is 0.0303 e. The number of thiophene rings is 2. The smallest absolute Gasteiger partial charge is 0.0303 e. The Morgan fingerprint density at radius 2 is 1.71 bits per heavy atom. The molecule has 2 rings (SSSR count). The molecule has 92 valence electrons. The maximum atomic E-state index is 3.52. The average Bonchev–Trinajstić information content (AvgIpc) is 2.87. The molecule has 0 saturated heterocycles. The molecule has 0 amide bonds. The first-order valence-electron chi connectivity index (χ1n) is 6.03. The minimum atomic E-state index is 0.985. The summed E-state index contributed by atoms with van der Waals surface area (Å²) in [6.45, 7) is 8.55. The number of aryl methyl sites for hydroxylation is 3. The van der Waals surface area contributed by atoms with Crippen LogP contribution in [-0.4, -0.2) is 0 Å². The number of hydrogen-bond donors (Lipinski definition) is 1. The zero-order valence-electron chi connectivity index (χ0n) is 10.7. The van der Waals surface area contributed by atoms with E-state index in [1.807, 2.05) is 22.7 Å². The molecule has 2 aromatic heterocycles. The Balaban J connectivity index is 1.83. The molecular weight excluding hydrogens is 246 g/mol. The SMILES string of the molecule is CCc1ccc(CNCc2cc(C)c(C)s2)s1. The van der Waals surface area contributed by atoms with Crippen molar-refractivity contribution in [3.63, 3.8) is 0 Å². The lowest BCUT2D eigenvalue weighted by Gasteiger charge is -2.00. The summed E-state index contributed by atoms with van der Waals surface area (Å²) in [6.07, 6.45) is 1.15. The van der Waals surface area contributed by atoms with Crippen LogP contribution in [0.5, 0.6) is 0 Å². The minimum Gasteiger partial charge on any atom is -0.307 e. The Bertz CT molecular complexity index is 463. The molecule has 1 nitrogen and oxygen atoms in total. The highest BCUT2D eigenvalue weighted by molar-refractivity contribution is 7.12. The van der Waals surface area contributed by atoms with Gasteiger partial charge in [0.2, 0.25) is 0 Å². The van der Waals surface area contributed by atoms with Gasteiger partial charge in [-0.2, -0.15) is 0 Å². The molecule has 2 aromatic rings. The van der Waals surface area contributed by atoms with Crippen LogP contribution >= 0.6 is 22.7 Å². The summed E-state index contributed by atoms with van der Waals surface area (Å²) in [6, 6.07) is 6.77. The topological polar surface area (TPSA) is 12.0 Å². The van der Waals surface area contributed by atoms with E-state index in [1.165, 1.54) is 25.1 Å². The molecule has 17 heavy (non-hydrogen) atoms. The second-order valence-electron chi connectivity index (χ2n) is 4.28. The van der Waals surface area contributed by atoms with Crippen LogP contribution in [0.4, 0.5) is 0 Å². The summed E-state index contributed by atoms with van der Waals surface area (Å²) < 4.78 is 0. The normalized spacial score (nSPS) is 11.0. The molecule has 0 aliphatic rings. The summed E-state index contributed by atoms with van der Waals surface area (Å²) in [5.74, 6) is 0. The molecule has 0 atom stereocenters. The van der Waals surface area contributed by atoms with Gasteiger partial charge in [0.05, 0.1) is 0 Å². The first-order valence-corrected chi connectivity index (χ1v) is 7.66. The van der Waals surface area contributed by atoms with E-state index >= 15 is 0 Å². The van der Waals surface area contributed by atoms with Gasteiger partial charge in [0, 0.05) is 32.6 Å². The van der Waals surface area contributed by atoms with Crippen LogP contribution in [0, 0.1) is 13.8 Å². The van der Waals surface area contributed by atoms with Crippen molar-refractivity contribution in [3.8, 4) is 0 Å². The lowest BCUT2D eigenvalue weighted by molar-refractivity contribution is 0.709. The van der Waals surface area contributed by atoms with Gasteiger partial charge in [0.25, 0.3) is 0 Å². The molecule has 1 N–H and O–H groups in total. The van der Waals surface area contributed by atoms with Crippen LogP contribution < -0.4 is 5.32 Å². The largest absolute Gasteiger partial charge is 0.307 e. The predicted molar refractivity (Wildman–Crippen MR) is 78.0 cm³/mol. The molecule has 0 bridgehead atoms. The third-order valence-electron chi connectivity index (χ3n) is 2.88. The van der Waals surface area contributed by atoms with E-state index in [1.54, 1.807) is 0 Å². The molecule has 2 heterocycles. The molecule has 0 aromatic carbocycles. The molecule has 0 saturated carbocycles. The van der Waals surface area contributed by atoms with E-state index in [-0.39, 0.29) is 0 Å². The van der Waals surface area contributed by atoms with Crippen LogP contribution in [0.1, 0.15) is 32.0 Å². The fourth-order valence-electron chi connectivity index (χ4n) is 1.75. The predicted octanol–water partition coefficient (Wildman–Crippen LogP) is 4.28. The monoisotopic (exact) mass is 265 g/mol. The van der Waals surface area contributed by atoms with Crippen molar-refractivity contribution in [2.24, 2.45) is 0 Å². The van der Waals surface area contributed by atoms with Crippen LogP contribution in [0.3, 0.4) is 0 Å². The Labute approximate surface area is 112 Å². The molecule has 0 aliphatic heterocycles. The fraction of sp³-hybridized carbons (Fsp3) is 0.429. The Morgan fingerprint density at radius 1 is 1.00 bits per heavy atom. The van der Waals surface area contributed by atoms with E-state index in [4.69, 9.17) is 0 Å². The van der Waals surface area contributed by atoms with Gasteiger partial charge in [0.15, 0.2) is 0 Å². The third-order valence-corrected chi connectivity index (χ3v) is 5.26. The number of nitrogens with one attached hydrogen (secondary N) is 1. The molecule has 0 aliphatic carbocycles. The van der Waals surface area contributed by atoms with Gasteiger partial charge in [0.1, 0.15) is 0 Å². The van der Waals surface area contributed by atoms with Crippen molar-refractivity contribution in [1.29, 1.82) is 0 Å². The van der Waals surface area contributed by atoms with E-state index in [0.717, 1.165) is 19.5 Å². The molecule has 0 unspecified atom stereocenters. The lowest BCUT2D eigenvalue weighted by Crippen LogP contribution is -2.10. The number of rotatable bonds is 5. The lowest BCUT2D eigenvalue weighted by atomic mass is 10.3. The maximum absolute atomic E-state index is 3.52. The molecule has 3 heteroatoms. The van der Waals surface area contributed by atoms with Gasteiger partial charge >= 0.3 is 0 Å². The Kier molecular flexibility index (Phi) is 4.37. The van der Waals surface area contributed by atoms with Crippen LogP contribution in [0.15, 0.2) is 18.2 Å². The quantitative estimate of drug-likeness (QED) is 0.851. The Morgan fingerprint density at radius 3 is 2.29 bits per heavy atom. The van der Waals surface area contributed by atoms with E-state index in [2.05, 4.69) is 44.3 Å². The molecule has 0 radical (unpaired) electrons. The van der Waals surface area contributed by atoms with Gasteiger partial charge in [-0.1, -0.05) is 6.92 Å². The van der Waals surface area contributed by atoms with Crippen molar-refractivity contribution in [1.82, 2.24) is 5.32 Å². The van der Waals surface area contributed by atoms with Crippen LogP contribution in [-0.2, 0) is 19.5 Å². The first kappa shape index (κ1) is 12.8. The molecular formula is C14H19NS2. The summed E-state index contributed by atoms with van der Waals surface area (Å²) in [4.78, 5) is 5.79. The standard InChI is InChI=1S/C14H19NS2/c1-4-12-5-6-13(17-12)8-15-9-14-7-10(2)11(3)16-14/h5-7,15H,4,8-9H2,1-3H3. The van der Waals surface area contributed by atoms with Crippen molar-refractivity contribution >= 4 is 22.7 Å². The van der Waals surface area contributed by atoms with E-state index in [0.29, 0.717) is 0 Å². The van der Waals surface area contributed by atoms with Gasteiger partial charge < -0.3 is 5.32 Å². The molecule has 0 fully saturated rings. The summed E-state index contributed by atoms with van der Waals surface area (Å²) in [5.41, 5.74) is 1.41. The van der Waals surface area contributed by atoms with Crippen molar-refractivity contribution < 1.29 is 0 Å². The zero-order valence-corrected chi connectivity index (χ0v) is 12.3. The van der Waals surface area contributed by atoms with Gasteiger partial charge in [-0.25, -0.2) is 0 Å². The van der Waals surface area contributed by atoms with Crippen LogP contribution in [0.25, 0.3) is 0 Å². The van der Waals surface area contributed by atoms with Gasteiger partial charge in [-0.3, -0.25) is 0 Å². The highest BCUT2D eigenvalue weighted by Gasteiger charge is 2.02. The molecule has 0 spiro atoms. The highest BCUT2D eigenvalue weighted by atomic mass is 32.1. The van der Waals surface area contributed by atoms with Gasteiger partial charge in [-0.15, -0.1) is 22.7 Å². The first-order chi connectivity index (χ1) is 8.19. The number of hydrogen-bond acceptors (Lipinski definition) is 3. The van der Waals surface area contributed by atoms with E-state index < -0.39 is 0 Å². The summed E-state index contributed by atoms with van der Waals surface area (Å²) >= 11 is 3.82. The fourth-order valence-corrected chi connectivity index (χ4v) is 3.70. The summed E-state index contributed by atoms with van der Waals surface area (Å²) in [5, 5.41) is 3.52. The van der Waals surface area contributed by atoms with E-state index in [9.17, 15) is 0 Å². The average molecular weight is 265 g/mol. The Hall–Kier alpha value is -0.640. The second kappa shape index (κ2) is 5.80. The minimum absolute atomic E-state index is 0.985. The highest BCUT2D eigenvalue weighted by Crippen LogP contribution is 2.21. The van der Waals surface area contributed by atoms with Crippen molar-refractivity contribution in [3.05, 3.63) is 43.3 Å². The van der Waals surface area contributed by atoms with Crippen molar-refractivity contribution in [2.75, 3.05) is 0 Å². The zero-order chi connectivity index (χ0) is 12.3. The summed E-state index contributed by atoms with van der Waals surface area (Å²) in [7, 11) is 0. The van der Waals surface area contributed by atoms with Crippen LogP contribution in [0.2, 0.25) is 0 Å².